The van der Waals surface area contributed by atoms with Gasteiger partial charge in [-0.15, -0.1) is 0 Å². The highest BCUT2D eigenvalue weighted by Gasteiger charge is 2.15. The predicted molar refractivity (Wildman–Crippen MR) is 325 cm³/mol. The molecule has 0 amide bonds. The summed E-state index contributed by atoms with van der Waals surface area (Å²) in [6, 6.07) is 53.6. The fourth-order valence-electron chi connectivity index (χ4n) is 10.0. The molecule has 1 aromatic heterocycles. The Bertz CT molecular complexity index is 3530. The Morgan fingerprint density at radius 2 is 0.750 bits per heavy atom. The van der Waals surface area contributed by atoms with Crippen LogP contribution in [0.4, 0.5) is 4.39 Å². The lowest BCUT2D eigenvalue weighted by Gasteiger charge is -2.14. The minimum Gasteiger partial charge on any atom is -0.481 e. The highest BCUT2D eigenvalue weighted by atomic mass is 35.5. The maximum absolute atomic E-state index is 13.7. The highest BCUT2D eigenvalue weighted by molar-refractivity contribution is 6.31. The van der Waals surface area contributed by atoms with Gasteiger partial charge >= 0.3 is 17.9 Å². The van der Waals surface area contributed by atoms with Crippen LogP contribution in [0.2, 0.25) is 5.02 Å². The van der Waals surface area contributed by atoms with Crippen molar-refractivity contribution >= 4 is 29.5 Å². The Kier molecular flexibility index (Phi) is 20.3. The van der Waals surface area contributed by atoms with Crippen LogP contribution in [0.25, 0.3) is 66.8 Å². The van der Waals surface area contributed by atoms with Gasteiger partial charge in [-0.3, -0.25) is 19.4 Å². The summed E-state index contributed by atoms with van der Waals surface area (Å²) in [5, 5.41) is 27.9. The number of hydrogen-bond acceptors (Lipinski definition) is 4. The Morgan fingerprint density at radius 3 is 1.14 bits per heavy atom. The molecule has 0 bridgehead atoms. The smallest absolute Gasteiger partial charge is 0.303 e. The first kappa shape index (κ1) is 59.2. The summed E-state index contributed by atoms with van der Waals surface area (Å²) in [7, 11) is 0. The van der Waals surface area contributed by atoms with Crippen molar-refractivity contribution in [1.82, 2.24) is 4.98 Å². The van der Waals surface area contributed by atoms with Crippen molar-refractivity contribution in [3.05, 3.63) is 242 Å². The summed E-state index contributed by atoms with van der Waals surface area (Å²) in [6.45, 7) is 16.0. The standard InChI is InChI=1S/C25H26O2.C24H23ClO2.C22H20FNO2/c1-16-5-10-24(20(13-16)9-12-25(26)27)22-8-11-23(19(4)15-22)21-7-6-17(2)18(3)14-21;1-15-4-9-22(18(12-15)8-11-24(26)27)19-7-10-21(17(3)13-19)20-6-5-16(2)23(25)14-20;1-15-4-7-20(16(11-15)6-9-22(25)26)17-5-8-21(19(12-17)13-23)18-3-2-10-24-14-18/h5-8,10-11,13-15H,9,12H2,1-4H3,(H,26,27);4-7,9-10,12-14H,8,11H2,1-3H3,(H,26,27);2-5,7-8,10-12,14H,6,9,13H2,1H3,(H,25,26). The van der Waals surface area contributed by atoms with E-state index < -0.39 is 24.6 Å². The van der Waals surface area contributed by atoms with Crippen LogP contribution < -0.4 is 0 Å². The van der Waals surface area contributed by atoms with Crippen molar-refractivity contribution in [3.63, 3.8) is 0 Å². The Hall–Kier alpha value is -8.46. The average Bonchev–Trinajstić information content (AvgIpc) is 3.47. The molecule has 9 heteroatoms. The van der Waals surface area contributed by atoms with E-state index in [1.165, 1.54) is 27.8 Å². The first-order valence-electron chi connectivity index (χ1n) is 26.9. The molecule has 0 atom stereocenters. The molecular weight excluding hydrogens is 1020 g/mol. The number of carboxylic acid groups (broad SMARTS) is 3. The van der Waals surface area contributed by atoms with Gasteiger partial charge in [-0.25, -0.2) is 4.39 Å². The zero-order chi connectivity index (χ0) is 57.6. The number of aryl methyl sites for hydroxylation is 11. The number of carbonyl (C=O) groups is 3. The van der Waals surface area contributed by atoms with Crippen LogP contribution >= 0.6 is 11.6 Å². The fourth-order valence-corrected chi connectivity index (χ4v) is 10.2. The topological polar surface area (TPSA) is 125 Å². The van der Waals surface area contributed by atoms with E-state index in [0.717, 1.165) is 105 Å². The molecule has 1 heterocycles. The molecule has 8 aromatic carbocycles. The van der Waals surface area contributed by atoms with E-state index in [2.05, 4.69) is 130 Å². The highest BCUT2D eigenvalue weighted by Crippen LogP contribution is 2.36. The van der Waals surface area contributed by atoms with Crippen LogP contribution in [-0.2, 0) is 40.3 Å². The predicted octanol–water partition coefficient (Wildman–Crippen LogP) is 18.1. The molecule has 0 radical (unpaired) electrons. The summed E-state index contributed by atoms with van der Waals surface area (Å²) in [5.74, 6) is -2.36. The van der Waals surface area contributed by atoms with Gasteiger partial charge in [0.2, 0.25) is 0 Å². The van der Waals surface area contributed by atoms with Gasteiger partial charge in [-0.1, -0.05) is 168 Å². The van der Waals surface area contributed by atoms with E-state index in [-0.39, 0.29) is 19.3 Å². The third-order valence-electron chi connectivity index (χ3n) is 14.5. The average molecular weight is 1090 g/mol. The van der Waals surface area contributed by atoms with Crippen LogP contribution in [0.15, 0.2) is 170 Å². The number of aromatic nitrogens is 1. The Balaban J connectivity index is 0.000000173. The summed E-state index contributed by atoms with van der Waals surface area (Å²) < 4.78 is 13.7. The van der Waals surface area contributed by atoms with Gasteiger partial charge in [0.15, 0.2) is 0 Å². The zero-order valence-corrected chi connectivity index (χ0v) is 47.6. The minimum absolute atomic E-state index is 0.0696. The van der Waals surface area contributed by atoms with Crippen molar-refractivity contribution in [1.29, 1.82) is 0 Å². The number of benzene rings is 8. The van der Waals surface area contributed by atoms with Crippen molar-refractivity contribution in [2.24, 2.45) is 0 Å². The number of hydrogen-bond donors (Lipinski definition) is 3. The van der Waals surface area contributed by atoms with Gasteiger partial charge < -0.3 is 15.3 Å². The number of rotatable bonds is 16. The molecule has 80 heavy (non-hydrogen) atoms. The molecule has 0 unspecified atom stereocenters. The number of alkyl halides is 1. The third kappa shape index (κ3) is 15.6. The lowest BCUT2D eigenvalue weighted by molar-refractivity contribution is -0.138. The number of aliphatic carboxylic acids is 3. The molecule has 0 fully saturated rings. The van der Waals surface area contributed by atoms with Gasteiger partial charge in [-0.05, 0) is 204 Å². The second-order valence-electron chi connectivity index (χ2n) is 20.7. The molecule has 0 aliphatic carbocycles. The Morgan fingerprint density at radius 1 is 0.388 bits per heavy atom. The molecule has 9 aromatic rings. The van der Waals surface area contributed by atoms with Gasteiger partial charge in [0.1, 0.15) is 6.67 Å². The van der Waals surface area contributed by atoms with Crippen molar-refractivity contribution in [3.8, 4) is 66.8 Å². The first-order chi connectivity index (χ1) is 38.3. The SMILES string of the molecule is Cc1ccc(-c2ccc(-c3ccc(C)c(C)c3)c(C)c2)c(CCC(=O)O)c1.Cc1ccc(-c2ccc(-c3ccc(C)c(Cl)c3)c(C)c2)c(CCC(=O)O)c1.Cc1ccc(-c2ccc(-c3cccnc3)c(CF)c2)c(CCC(=O)O)c1. The van der Waals surface area contributed by atoms with Crippen LogP contribution in [0.3, 0.4) is 0 Å². The normalized spacial score (nSPS) is 10.8. The molecule has 0 saturated carbocycles. The number of halogens is 2. The minimum atomic E-state index is -0.825. The van der Waals surface area contributed by atoms with Gasteiger partial charge in [-0.2, -0.15) is 0 Å². The zero-order valence-electron chi connectivity index (χ0n) is 46.9. The maximum atomic E-state index is 13.7. The van der Waals surface area contributed by atoms with Crippen LogP contribution in [0.5, 0.6) is 0 Å². The van der Waals surface area contributed by atoms with Gasteiger partial charge in [0.05, 0.1) is 0 Å². The van der Waals surface area contributed by atoms with E-state index in [9.17, 15) is 18.8 Å². The van der Waals surface area contributed by atoms with E-state index >= 15 is 0 Å². The third-order valence-corrected chi connectivity index (χ3v) is 14.9. The second-order valence-corrected chi connectivity index (χ2v) is 21.1. The molecule has 9 rings (SSSR count). The maximum Gasteiger partial charge on any atom is 0.303 e. The monoisotopic (exact) mass is 1090 g/mol. The van der Waals surface area contributed by atoms with Gasteiger partial charge in [0.25, 0.3) is 0 Å². The molecule has 0 aliphatic heterocycles. The van der Waals surface area contributed by atoms with Crippen molar-refractivity contribution < 1.29 is 34.1 Å². The summed E-state index contributed by atoms with van der Waals surface area (Å²) in [5.41, 5.74) is 25.9. The number of carboxylic acids is 3. The van der Waals surface area contributed by atoms with E-state index in [0.29, 0.717) is 24.8 Å². The Labute approximate surface area is 475 Å². The fraction of sp³-hybridized carbons (Fsp3) is 0.211. The van der Waals surface area contributed by atoms with Crippen molar-refractivity contribution in [2.75, 3.05) is 0 Å². The lowest BCUT2D eigenvalue weighted by Crippen LogP contribution is -2.00. The molecule has 3 N–H and O–H groups in total. The number of pyridine rings is 1. The summed E-state index contributed by atoms with van der Waals surface area (Å²) in [4.78, 5) is 37.1. The van der Waals surface area contributed by atoms with Gasteiger partial charge in [0, 0.05) is 42.2 Å². The van der Waals surface area contributed by atoms with Crippen LogP contribution in [-0.4, -0.2) is 38.2 Å². The molecule has 0 saturated heterocycles. The quantitative estimate of drug-likeness (QED) is 0.0880. The molecular formula is C71H69ClFNO6. The van der Waals surface area contributed by atoms with Crippen LogP contribution in [0.1, 0.15) is 86.0 Å². The first-order valence-corrected chi connectivity index (χ1v) is 27.3. The van der Waals surface area contributed by atoms with Crippen LogP contribution in [0, 0.1) is 55.4 Å². The van der Waals surface area contributed by atoms with Crippen molar-refractivity contribution in [2.45, 2.75) is 101 Å². The largest absolute Gasteiger partial charge is 0.481 e. The van der Waals surface area contributed by atoms with E-state index in [1.54, 1.807) is 12.4 Å². The molecule has 408 valence electrons. The number of nitrogens with zero attached hydrogens (tertiary/aromatic N) is 1. The van der Waals surface area contributed by atoms with E-state index in [1.807, 2.05) is 88.4 Å². The molecule has 0 spiro atoms. The van der Waals surface area contributed by atoms with E-state index in [4.69, 9.17) is 26.9 Å². The lowest BCUT2D eigenvalue weighted by atomic mass is 9.91. The summed E-state index contributed by atoms with van der Waals surface area (Å²) in [6.07, 6.45) is 5.28. The molecule has 0 aliphatic rings. The molecule has 7 nitrogen and oxygen atoms in total. The summed E-state index contributed by atoms with van der Waals surface area (Å²) >= 11 is 6.29. The second kappa shape index (κ2) is 27.4.